The Balaban J connectivity index is 0. The van der Waals surface area contributed by atoms with Crippen LogP contribution in [0.5, 0.6) is 0 Å². The van der Waals surface area contributed by atoms with Gasteiger partial charge in [-0.25, -0.2) is 8.37 Å². The van der Waals surface area contributed by atoms with Crippen molar-refractivity contribution in [1.82, 2.24) is 0 Å². The summed E-state index contributed by atoms with van der Waals surface area (Å²) >= 11 is 0. The van der Waals surface area contributed by atoms with Gasteiger partial charge in [0.15, 0.2) is 0 Å². The standard InChI is InChI=1S/C10H22O4S.Na/c1-3-5-7-9-13-15(11,12)14-10-8-6-4-2;/h3-10H2,1-2H3;. The zero-order valence-electron chi connectivity index (χ0n) is 10.7. The van der Waals surface area contributed by atoms with Crippen molar-refractivity contribution in [3.05, 3.63) is 0 Å². The Morgan fingerprint density at radius 2 is 1.19 bits per heavy atom. The van der Waals surface area contributed by atoms with E-state index in [-0.39, 0.29) is 42.8 Å². The van der Waals surface area contributed by atoms with Gasteiger partial charge in [0.05, 0.1) is 13.2 Å². The van der Waals surface area contributed by atoms with E-state index >= 15 is 0 Å². The molecule has 0 spiro atoms. The molecule has 0 aliphatic carbocycles. The summed E-state index contributed by atoms with van der Waals surface area (Å²) in [5.41, 5.74) is 0. The third kappa shape index (κ3) is 12.9. The van der Waals surface area contributed by atoms with Crippen LogP contribution in [0.2, 0.25) is 0 Å². The van der Waals surface area contributed by atoms with E-state index in [1.165, 1.54) is 0 Å². The Hall–Kier alpha value is 0.870. The van der Waals surface area contributed by atoms with Gasteiger partial charge in [0, 0.05) is 29.6 Å². The predicted octanol–water partition coefficient (Wildman–Crippen LogP) is 2.26. The summed E-state index contributed by atoms with van der Waals surface area (Å²) in [6.45, 7) is 4.55. The number of rotatable bonds is 10. The molecule has 0 atom stereocenters. The summed E-state index contributed by atoms with van der Waals surface area (Å²) < 4.78 is 31.5. The summed E-state index contributed by atoms with van der Waals surface area (Å²) in [5, 5.41) is 0. The number of hydrogen-bond acceptors (Lipinski definition) is 4. The van der Waals surface area contributed by atoms with Crippen LogP contribution >= 0.6 is 0 Å². The van der Waals surface area contributed by atoms with Gasteiger partial charge in [0.1, 0.15) is 0 Å². The molecule has 6 heteroatoms. The largest absolute Gasteiger partial charge is 0.399 e. The van der Waals surface area contributed by atoms with Crippen LogP contribution in [0.25, 0.3) is 0 Å². The molecule has 0 amide bonds. The van der Waals surface area contributed by atoms with E-state index in [9.17, 15) is 8.42 Å². The maximum atomic E-state index is 11.1. The minimum absolute atomic E-state index is 0. The Morgan fingerprint density at radius 3 is 1.50 bits per heavy atom. The van der Waals surface area contributed by atoms with Gasteiger partial charge in [-0.2, -0.15) is 8.42 Å². The van der Waals surface area contributed by atoms with Gasteiger partial charge in [-0.3, -0.25) is 0 Å². The second-order valence-electron chi connectivity index (χ2n) is 3.47. The zero-order chi connectivity index (χ0) is 11.6. The quantitative estimate of drug-likeness (QED) is 0.447. The summed E-state index contributed by atoms with van der Waals surface area (Å²) in [5.74, 6) is 0. The fourth-order valence-corrected chi connectivity index (χ4v) is 1.77. The van der Waals surface area contributed by atoms with Crippen LogP contribution in [0.3, 0.4) is 0 Å². The summed E-state index contributed by atoms with van der Waals surface area (Å²) in [4.78, 5) is 0. The predicted molar refractivity (Wildman–Crippen MR) is 65.6 cm³/mol. The molecule has 0 aliphatic rings. The fraction of sp³-hybridized carbons (Fsp3) is 1.00. The van der Waals surface area contributed by atoms with Crippen LogP contribution in [0.15, 0.2) is 0 Å². The van der Waals surface area contributed by atoms with Crippen molar-refractivity contribution in [2.75, 3.05) is 13.2 Å². The average Bonchev–Trinajstić information content (AvgIpc) is 2.20. The molecule has 0 aromatic heterocycles. The van der Waals surface area contributed by atoms with Crippen LogP contribution in [0.4, 0.5) is 0 Å². The maximum Gasteiger partial charge on any atom is 0.399 e. The van der Waals surface area contributed by atoms with Crippen LogP contribution < -0.4 is 0 Å². The molecule has 4 nitrogen and oxygen atoms in total. The third-order valence-corrected chi connectivity index (χ3v) is 2.86. The van der Waals surface area contributed by atoms with E-state index in [0.29, 0.717) is 0 Å². The van der Waals surface area contributed by atoms with Crippen LogP contribution in [-0.4, -0.2) is 51.2 Å². The van der Waals surface area contributed by atoms with E-state index in [4.69, 9.17) is 0 Å². The summed E-state index contributed by atoms with van der Waals surface area (Å²) in [6, 6.07) is 0. The van der Waals surface area contributed by atoms with E-state index in [1.807, 2.05) is 0 Å². The Kier molecular flexibility index (Phi) is 14.8. The first-order chi connectivity index (χ1) is 7.12. The molecule has 0 fully saturated rings. The number of unbranched alkanes of at least 4 members (excludes halogenated alkanes) is 4. The molecular formula is C10H22NaO4S. The van der Waals surface area contributed by atoms with Crippen LogP contribution in [0, 0.1) is 0 Å². The second-order valence-corrected chi connectivity index (χ2v) is 4.75. The van der Waals surface area contributed by atoms with Crippen molar-refractivity contribution in [2.24, 2.45) is 0 Å². The van der Waals surface area contributed by atoms with Gasteiger partial charge < -0.3 is 0 Å². The molecule has 0 bridgehead atoms. The molecule has 1 radical (unpaired) electrons. The second kappa shape index (κ2) is 12.3. The molecule has 16 heavy (non-hydrogen) atoms. The van der Waals surface area contributed by atoms with Gasteiger partial charge in [-0.05, 0) is 12.8 Å². The van der Waals surface area contributed by atoms with Crippen molar-refractivity contribution in [3.63, 3.8) is 0 Å². The normalized spacial score (nSPS) is 11.1. The number of hydrogen-bond donors (Lipinski definition) is 0. The molecule has 0 aromatic carbocycles. The minimum atomic E-state index is -3.74. The first-order valence-corrected chi connectivity index (χ1v) is 6.99. The Bertz CT molecular complexity index is 211. The molecule has 0 aromatic rings. The van der Waals surface area contributed by atoms with Crippen LogP contribution in [-0.2, 0) is 18.8 Å². The van der Waals surface area contributed by atoms with Gasteiger partial charge >= 0.3 is 10.4 Å². The average molecular weight is 261 g/mol. The zero-order valence-corrected chi connectivity index (χ0v) is 13.5. The van der Waals surface area contributed by atoms with E-state index in [2.05, 4.69) is 22.2 Å². The molecule has 0 saturated heterocycles. The van der Waals surface area contributed by atoms with Crippen molar-refractivity contribution in [1.29, 1.82) is 0 Å². The minimum Gasteiger partial charge on any atom is -0.248 e. The van der Waals surface area contributed by atoms with Gasteiger partial charge in [0.2, 0.25) is 0 Å². The summed E-state index contributed by atoms with van der Waals surface area (Å²) in [6.07, 6.45) is 5.56. The Morgan fingerprint density at radius 1 is 0.812 bits per heavy atom. The van der Waals surface area contributed by atoms with Crippen molar-refractivity contribution in [2.45, 2.75) is 52.4 Å². The SMILES string of the molecule is CCCCCOS(=O)(=O)OCCCCC.[Na]. The van der Waals surface area contributed by atoms with Gasteiger partial charge in [-0.15, -0.1) is 0 Å². The molecular weight excluding hydrogens is 239 g/mol. The first kappa shape index (κ1) is 19.2. The van der Waals surface area contributed by atoms with E-state index < -0.39 is 10.4 Å². The topological polar surface area (TPSA) is 52.6 Å². The molecule has 93 valence electrons. The van der Waals surface area contributed by atoms with Gasteiger partial charge in [0.25, 0.3) is 0 Å². The van der Waals surface area contributed by atoms with E-state index in [1.54, 1.807) is 0 Å². The molecule has 0 heterocycles. The summed E-state index contributed by atoms with van der Waals surface area (Å²) in [7, 11) is -3.74. The van der Waals surface area contributed by atoms with Gasteiger partial charge in [-0.1, -0.05) is 39.5 Å². The van der Waals surface area contributed by atoms with Crippen LogP contribution in [0.1, 0.15) is 52.4 Å². The maximum absolute atomic E-state index is 11.1. The Labute approximate surface area is 122 Å². The smallest absolute Gasteiger partial charge is 0.248 e. The van der Waals surface area contributed by atoms with Crippen molar-refractivity contribution < 1.29 is 16.8 Å². The third-order valence-electron chi connectivity index (χ3n) is 1.95. The van der Waals surface area contributed by atoms with Crippen molar-refractivity contribution >= 4 is 40.0 Å². The molecule has 0 aliphatic heterocycles. The van der Waals surface area contributed by atoms with Crippen molar-refractivity contribution in [3.8, 4) is 0 Å². The molecule has 0 rings (SSSR count). The monoisotopic (exact) mass is 261 g/mol. The molecule has 0 N–H and O–H groups in total. The molecule has 0 saturated carbocycles. The first-order valence-electron chi connectivity index (χ1n) is 5.66. The molecule has 0 unspecified atom stereocenters. The fourth-order valence-electron chi connectivity index (χ4n) is 1.06. The van der Waals surface area contributed by atoms with E-state index in [0.717, 1.165) is 38.5 Å².